The van der Waals surface area contributed by atoms with Gasteiger partial charge in [0.05, 0.1) is 26.2 Å². The molecule has 1 aliphatic heterocycles. The van der Waals surface area contributed by atoms with Crippen molar-refractivity contribution in [3.63, 3.8) is 0 Å². The molecule has 0 bridgehead atoms. The van der Waals surface area contributed by atoms with Crippen LogP contribution in [0.2, 0.25) is 0 Å². The molecule has 0 spiro atoms. The van der Waals surface area contributed by atoms with E-state index in [0.29, 0.717) is 18.1 Å². The van der Waals surface area contributed by atoms with E-state index in [2.05, 4.69) is 10.6 Å². The molecule has 1 aliphatic rings. The van der Waals surface area contributed by atoms with Gasteiger partial charge in [0.25, 0.3) is 0 Å². The average Bonchev–Trinajstić information content (AvgIpc) is 2.57. The maximum Gasteiger partial charge on any atom is 0.233 e. The Balaban J connectivity index is 2.24. The van der Waals surface area contributed by atoms with Crippen molar-refractivity contribution in [1.29, 1.82) is 0 Å². The first-order valence-electron chi connectivity index (χ1n) is 7.80. The van der Waals surface area contributed by atoms with Gasteiger partial charge in [-0.1, -0.05) is 0 Å². The number of piperidine rings is 1. The lowest BCUT2D eigenvalue weighted by molar-refractivity contribution is -0.130. The van der Waals surface area contributed by atoms with Crippen LogP contribution in [0, 0.1) is 12.3 Å². The second-order valence-corrected chi connectivity index (χ2v) is 5.94. The van der Waals surface area contributed by atoms with Crippen LogP contribution >= 0.6 is 0 Å². The van der Waals surface area contributed by atoms with Gasteiger partial charge in [0.15, 0.2) is 11.5 Å². The van der Waals surface area contributed by atoms with Crippen LogP contribution in [0.15, 0.2) is 12.1 Å². The predicted octanol–water partition coefficient (Wildman–Crippen LogP) is 1.97. The highest BCUT2D eigenvalue weighted by atomic mass is 16.5. The van der Waals surface area contributed by atoms with E-state index in [1.807, 2.05) is 13.0 Å². The normalized spacial score (nSPS) is 16.7. The lowest BCUT2D eigenvalue weighted by Gasteiger charge is -2.35. The first-order valence-corrected chi connectivity index (χ1v) is 7.80. The van der Waals surface area contributed by atoms with Crippen LogP contribution in [-0.4, -0.2) is 46.9 Å². The molecule has 1 saturated heterocycles. The second kappa shape index (κ2) is 7.66. The zero-order valence-corrected chi connectivity index (χ0v) is 14.3. The van der Waals surface area contributed by atoms with Gasteiger partial charge in [0.1, 0.15) is 0 Å². The van der Waals surface area contributed by atoms with E-state index < -0.39 is 5.41 Å². The van der Waals surface area contributed by atoms with Crippen molar-refractivity contribution in [2.24, 2.45) is 5.41 Å². The first kappa shape index (κ1) is 17.6. The molecule has 2 rings (SSSR count). The molecule has 1 heterocycles. The minimum atomic E-state index is -0.487. The lowest BCUT2D eigenvalue weighted by atomic mass is 9.78. The molecule has 6 nitrogen and oxygen atoms in total. The molecule has 128 valence electrons. The Kier molecular flexibility index (Phi) is 5.85. The van der Waals surface area contributed by atoms with Crippen molar-refractivity contribution in [2.45, 2.75) is 19.8 Å². The molecule has 0 radical (unpaired) electrons. The van der Waals surface area contributed by atoms with E-state index in [1.165, 1.54) is 0 Å². The molecule has 0 aromatic heterocycles. The minimum absolute atomic E-state index is 0.00355. The summed E-state index contributed by atoms with van der Waals surface area (Å²) in [7, 11) is 4.81. The summed E-state index contributed by atoms with van der Waals surface area (Å²) >= 11 is 0. The maximum atomic E-state index is 12.9. The Morgan fingerprint density at radius 3 is 2.35 bits per heavy atom. The third kappa shape index (κ3) is 3.76. The third-order valence-electron chi connectivity index (χ3n) is 4.44. The fraction of sp³-hybridized carbons (Fsp3) is 0.588. The number of aryl methyl sites for hydroxylation is 1. The van der Waals surface area contributed by atoms with Crippen LogP contribution in [0.5, 0.6) is 11.5 Å². The zero-order valence-electron chi connectivity index (χ0n) is 14.3. The number of hydrogen-bond acceptors (Lipinski definition) is 5. The van der Waals surface area contributed by atoms with Gasteiger partial charge in [-0.15, -0.1) is 0 Å². The highest BCUT2D eigenvalue weighted by Crippen LogP contribution is 2.35. The molecule has 0 aliphatic carbocycles. The van der Waals surface area contributed by atoms with Gasteiger partial charge in [0.2, 0.25) is 5.91 Å². The number of rotatable bonds is 6. The number of carbonyl (C=O) groups is 1. The summed E-state index contributed by atoms with van der Waals surface area (Å²) in [6.07, 6.45) is 1.53. The smallest absolute Gasteiger partial charge is 0.233 e. The quantitative estimate of drug-likeness (QED) is 0.838. The van der Waals surface area contributed by atoms with Gasteiger partial charge in [-0.3, -0.25) is 4.79 Å². The largest absolute Gasteiger partial charge is 0.493 e. The Bertz CT molecular complexity index is 548. The summed E-state index contributed by atoms with van der Waals surface area (Å²) in [5, 5.41) is 6.34. The van der Waals surface area contributed by atoms with Gasteiger partial charge in [-0.25, -0.2) is 0 Å². The van der Waals surface area contributed by atoms with Crippen molar-refractivity contribution in [3.05, 3.63) is 17.7 Å². The average molecular weight is 322 g/mol. The molecule has 1 fully saturated rings. The molecule has 2 N–H and O–H groups in total. The molecule has 1 aromatic rings. The number of methoxy groups -OCH3 is 3. The first-order chi connectivity index (χ1) is 11.1. The van der Waals surface area contributed by atoms with E-state index in [0.717, 1.165) is 37.2 Å². The van der Waals surface area contributed by atoms with Crippen LogP contribution in [0.25, 0.3) is 0 Å². The fourth-order valence-electron chi connectivity index (χ4n) is 2.99. The van der Waals surface area contributed by atoms with E-state index in [9.17, 15) is 4.79 Å². The van der Waals surface area contributed by atoms with Crippen molar-refractivity contribution >= 4 is 11.6 Å². The standard InChI is InChI=1S/C17H26N2O4/c1-12-9-14(22-3)15(23-4)10-13(12)19-16(20)17(11-21-2)5-7-18-8-6-17/h9-10,18H,5-8,11H2,1-4H3,(H,19,20). The van der Waals surface area contributed by atoms with E-state index >= 15 is 0 Å². The van der Waals surface area contributed by atoms with Gasteiger partial charge in [-0.2, -0.15) is 0 Å². The Hall–Kier alpha value is -1.79. The Morgan fingerprint density at radius 2 is 1.78 bits per heavy atom. The second-order valence-electron chi connectivity index (χ2n) is 5.94. The summed E-state index contributed by atoms with van der Waals surface area (Å²) in [4.78, 5) is 12.9. The molecule has 6 heteroatoms. The molecule has 0 saturated carbocycles. The summed E-state index contributed by atoms with van der Waals surface area (Å²) < 4.78 is 15.9. The molecule has 1 aromatic carbocycles. The lowest BCUT2D eigenvalue weighted by Crippen LogP contribution is -2.47. The number of carbonyl (C=O) groups excluding carboxylic acids is 1. The highest BCUT2D eigenvalue weighted by molar-refractivity contribution is 5.96. The topological polar surface area (TPSA) is 68.8 Å². The molecular formula is C17H26N2O4. The van der Waals surface area contributed by atoms with Crippen molar-refractivity contribution in [3.8, 4) is 11.5 Å². The Labute approximate surface area is 137 Å². The predicted molar refractivity (Wildman–Crippen MR) is 89.3 cm³/mol. The maximum absolute atomic E-state index is 12.9. The molecule has 23 heavy (non-hydrogen) atoms. The van der Waals surface area contributed by atoms with Gasteiger partial charge in [0, 0.05) is 18.9 Å². The Morgan fingerprint density at radius 1 is 1.17 bits per heavy atom. The van der Waals surface area contributed by atoms with E-state index in [1.54, 1.807) is 27.4 Å². The summed E-state index contributed by atoms with van der Waals surface area (Å²) in [6.45, 7) is 4.00. The van der Waals surface area contributed by atoms with Crippen LogP contribution in [0.4, 0.5) is 5.69 Å². The van der Waals surface area contributed by atoms with E-state index in [-0.39, 0.29) is 5.91 Å². The van der Waals surface area contributed by atoms with Crippen LogP contribution in [0.1, 0.15) is 18.4 Å². The molecular weight excluding hydrogens is 296 g/mol. The highest BCUT2D eigenvalue weighted by Gasteiger charge is 2.39. The minimum Gasteiger partial charge on any atom is -0.493 e. The summed E-state index contributed by atoms with van der Waals surface area (Å²) in [6, 6.07) is 3.66. The fourth-order valence-corrected chi connectivity index (χ4v) is 2.99. The molecule has 0 atom stereocenters. The molecule has 1 amide bonds. The number of ether oxygens (including phenoxy) is 3. The monoisotopic (exact) mass is 322 g/mol. The number of nitrogens with one attached hydrogen (secondary N) is 2. The van der Waals surface area contributed by atoms with Crippen LogP contribution in [0.3, 0.4) is 0 Å². The summed E-state index contributed by atoms with van der Waals surface area (Å²) in [5.74, 6) is 1.24. The van der Waals surface area contributed by atoms with Gasteiger partial charge in [-0.05, 0) is 44.5 Å². The zero-order chi connectivity index (χ0) is 16.9. The van der Waals surface area contributed by atoms with Gasteiger partial charge >= 0.3 is 0 Å². The van der Waals surface area contributed by atoms with Crippen LogP contribution < -0.4 is 20.1 Å². The number of hydrogen-bond donors (Lipinski definition) is 2. The van der Waals surface area contributed by atoms with Gasteiger partial charge < -0.3 is 24.8 Å². The number of anilines is 1. The number of amides is 1. The molecule has 0 unspecified atom stereocenters. The van der Waals surface area contributed by atoms with Crippen LogP contribution in [-0.2, 0) is 9.53 Å². The SMILES string of the molecule is COCC1(C(=O)Nc2cc(OC)c(OC)cc2C)CCNCC1. The number of benzene rings is 1. The van der Waals surface area contributed by atoms with Crippen molar-refractivity contribution in [1.82, 2.24) is 5.32 Å². The third-order valence-corrected chi connectivity index (χ3v) is 4.44. The van der Waals surface area contributed by atoms with Crippen molar-refractivity contribution < 1.29 is 19.0 Å². The summed E-state index contributed by atoms with van der Waals surface area (Å²) in [5.41, 5.74) is 1.18. The van der Waals surface area contributed by atoms with E-state index in [4.69, 9.17) is 14.2 Å². The van der Waals surface area contributed by atoms with Crippen molar-refractivity contribution in [2.75, 3.05) is 46.3 Å².